The molecule has 0 aliphatic heterocycles. The summed E-state index contributed by atoms with van der Waals surface area (Å²) in [4.78, 5) is 9.03. The summed E-state index contributed by atoms with van der Waals surface area (Å²) in [5, 5.41) is 2.06. The SMILES string of the molecule is Cc1cc(C)c2nc(-c3ccc(Cl)cc3)nc(Cl)c2c1. The van der Waals surface area contributed by atoms with Gasteiger partial charge in [-0.25, -0.2) is 9.97 Å². The van der Waals surface area contributed by atoms with Gasteiger partial charge in [0.05, 0.1) is 5.52 Å². The van der Waals surface area contributed by atoms with Crippen molar-refractivity contribution in [2.45, 2.75) is 13.8 Å². The van der Waals surface area contributed by atoms with Crippen LogP contribution in [-0.4, -0.2) is 9.97 Å². The van der Waals surface area contributed by atoms with E-state index in [-0.39, 0.29) is 0 Å². The van der Waals surface area contributed by atoms with Gasteiger partial charge in [0.2, 0.25) is 0 Å². The number of aromatic nitrogens is 2. The summed E-state index contributed by atoms with van der Waals surface area (Å²) in [6.07, 6.45) is 0. The molecule has 2 aromatic carbocycles. The molecule has 0 N–H and O–H groups in total. The fourth-order valence-electron chi connectivity index (χ4n) is 2.28. The molecule has 20 heavy (non-hydrogen) atoms. The lowest BCUT2D eigenvalue weighted by Gasteiger charge is -2.08. The summed E-state index contributed by atoms with van der Waals surface area (Å²) in [5.41, 5.74) is 4.04. The first-order chi connectivity index (χ1) is 9.54. The lowest BCUT2D eigenvalue weighted by atomic mass is 10.1. The van der Waals surface area contributed by atoms with Crippen molar-refractivity contribution in [3.63, 3.8) is 0 Å². The minimum absolute atomic E-state index is 0.478. The minimum Gasteiger partial charge on any atom is -0.228 e. The van der Waals surface area contributed by atoms with E-state index in [2.05, 4.69) is 16.0 Å². The Morgan fingerprint density at radius 3 is 2.30 bits per heavy atom. The highest BCUT2D eigenvalue weighted by atomic mass is 35.5. The predicted octanol–water partition coefficient (Wildman–Crippen LogP) is 5.22. The lowest BCUT2D eigenvalue weighted by Crippen LogP contribution is -1.94. The second-order valence-corrected chi connectivity index (χ2v) is 5.62. The summed E-state index contributed by atoms with van der Waals surface area (Å²) in [6.45, 7) is 4.07. The number of rotatable bonds is 1. The van der Waals surface area contributed by atoms with Crippen LogP contribution in [-0.2, 0) is 0 Å². The average Bonchev–Trinajstić information content (AvgIpc) is 2.40. The van der Waals surface area contributed by atoms with Crippen LogP contribution >= 0.6 is 23.2 Å². The van der Waals surface area contributed by atoms with Crippen LogP contribution in [0.3, 0.4) is 0 Å². The summed E-state index contributed by atoms with van der Waals surface area (Å²) in [7, 11) is 0. The largest absolute Gasteiger partial charge is 0.228 e. The second-order valence-electron chi connectivity index (χ2n) is 4.82. The van der Waals surface area contributed by atoms with Gasteiger partial charge in [-0.2, -0.15) is 0 Å². The van der Waals surface area contributed by atoms with Crippen molar-refractivity contribution in [3.8, 4) is 11.4 Å². The molecule has 0 saturated carbocycles. The molecule has 3 rings (SSSR count). The molecule has 0 unspecified atom stereocenters. The maximum atomic E-state index is 6.31. The monoisotopic (exact) mass is 302 g/mol. The van der Waals surface area contributed by atoms with E-state index in [9.17, 15) is 0 Å². The van der Waals surface area contributed by atoms with Crippen molar-refractivity contribution in [2.75, 3.05) is 0 Å². The van der Waals surface area contributed by atoms with Gasteiger partial charge in [-0.05, 0) is 49.7 Å². The number of fused-ring (bicyclic) bond motifs is 1. The molecule has 0 aliphatic rings. The highest BCUT2D eigenvalue weighted by Gasteiger charge is 2.10. The first-order valence-electron chi connectivity index (χ1n) is 6.25. The fraction of sp³-hybridized carbons (Fsp3) is 0.125. The summed E-state index contributed by atoms with van der Waals surface area (Å²) >= 11 is 12.2. The topological polar surface area (TPSA) is 25.8 Å². The molecule has 0 aliphatic carbocycles. The normalized spacial score (nSPS) is 11.0. The van der Waals surface area contributed by atoms with E-state index < -0.39 is 0 Å². The lowest BCUT2D eigenvalue weighted by molar-refractivity contribution is 1.21. The van der Waals surface area contributed by atoms with Gasteiger partial charge in [0.15, 0.2) is 5.82 Å². The van der Waals surface area contributed by atoms with Crippen LogP contribution in [0.15, 0.2) is 36.4 Å². The molecule has 100 valence electrons. The molecule has 0 atom stereocenters. The zero-order valence-corrected chi connectivity index (χ0v) is 12.6. The quantitative estimate of drug-likeness (QED) is 0.576. The highest BCUT2D eigenvalue weighted by molar-refractivity contribution is 6.34. The summed E-state index contributed by atoms with van der Waals surface area (Å²) < 4.78 is 0. The van der Waals surface area contributed by atoms with Crippen molar-refractivity contribution in [3.05, 3.63) is 57.7 Å². The Hall–Kier alpha value is -1.64. The molecule has 0 bridgehead atoms. The Bertz CT molecular complexity index is 796. The molecule has 0 saturated heterocycles. The van der Waals surface area contributed by atoms with E-state index in [4.69, 9.17) is 23.2 Å². The number of hydrogen-bond donors (Lipinski definition) is 0. The zero-order chi connectivity index (χ0) is 14.3. The standard InChI is InChI=1S/C16H12Cl2N2/c1-9-7-10(2)14-13(8-9)15(18)20-16(19-14)11-3-5-12(17)6-4-11/h3-8H,1-2H3. The molecule has 0 fully saturated rings. The smallest absolute Gasteiger partial charge is 0.161 e. The van der Waals surface area contributed by atoms with Crippen LogP contribution in [0.5, 0.6) is 0 Å². The van der Waals surface area contributed by atoms with E-state index in [1.165, 1.54) is 0 Å². The molecule has 1 heterocycles. The van der Waals surface area contributed by atoms with Crippen molar-refractivity contribution in [2.24, 2.45) is 0 Å². The van der Waals surface area contributed by atoms with E-state index in [0.29, 0.717) is 16.0 Å². The predicted molar refractivity (Wildman–Crippen MR) is 84.5 cm³/mol. The Balaban J connectivity index is 2.26. The Labute approximate surface area is 127 Å². The highest BCUT2D eigenvalue weighted by Crippen LogP contribution is 2.28. The summed E-state index contributed by atoms with van der Waals surface area (Å²) in [6, 6.07) is 11.5. The van der Waals surface area contributed by atoms with Gasteiger partial charge in [0, 0.05) is 16.0 Å². The van der Waals surface area contributed by atoms with Crippen LogP contribution in [0.4, 0.5) is 0 Å². The maximum absolute atomic E-state index is 6.31. The summed E-state index contributed by atoms with van der Waals surface area (Å²) in [5.74, 6) is 0.617. The molecule has 0 radical (unpaired) electrons. The van der Waals surface area contributed by atoms with Crippen LogP contribution in [0.2, 0.25) is 10.2 Å². The molecule has 1 aromatic heterocycles. The maximum Gasteiger partial charge on any atom is 0.161 e. The van der Waals surface area contributed by atoms with E-state index in [0.717, 1.165) is 27.6 Å². The van der Waals surface area contributed by atoms with Gasteiger partial charge in [0.25, 0.3) is 0 Å². The first kappa shape index (κ1) is 13.3. The van der Waals surface area contributed by atoms with Crippen molar-refractivity contribution < 1.29 is 0 Å². The second kappa shape index (κ2) is 5.04. The Kier molecular flexibility index (Phi) is 3.36. The van der Waals surface area contributed by atoms with Crippen LogP contribution in [0, 0.1) is 13.8 Å². The van der Waals surface area contributed by atoms with Gasteiger partial charge in [-0.1, -0.05) is 34.8 Å². The molecule has 0 spiro atoms. The Morgan fingerprint density at radius 2 is 1.60 bits per heavy atom. The van der Waals surface area contributed by atoms with E-state index in [1.54, 1.807) is 0 Å². The van der Waals surface area contributed by atoms with Crippen molar-refractivity contribution in [1.29, 1.82) is 0 Å². The number of hydrogen-bond acceptors (Lipinski definition) is 2. The third-order valence-electron chi connectivity index (χ3n) is 3.19. The van der Waals surface area contributed by atoms with Gasteiger partial charge in [-0.15, -0.1) is 0 Å². The van der Waals surface area contributed by atoms with Crippen molar-refractivity contribution in [1.82, 2.24) is 9.97 Å². The van der Waals surface area contributed by atoms with Crippen LogP contribution in [0.25, 0.3) is 22.3 Å². The van der Waals surface area contributed by atoms with E-state index >= 15 is 0 Å². The van der Waals surface area contributed by atoms with E-state index in [1.807, 2.05) is 44.2 Å². The zero-order valence-electron chi connectivity index (χ0n) is 11.1. The minimum atomic E-state index is 0.478. The van der Waals surface area contributed by atoms with Gasteiger partial charge < -0.3 is 0 Å². The molecular formula is C16H12Cl2N2. The first-order valence-corrected chi connectivity index (χ1v) is 7.00. The molecule has 4 heteroatoms. The molecular weight excluding hydrogens is 291 g/mol. The average molecular weight is 303 g/mol. The van der Waals surface area contributed by atoms with Crippen LogP contribution < -0.4 is 0 Å². The van der Waals surface area contributed by atoms with Gasteiger partial charge in [0.1, 0.15) is 5.15 Å². The fourth-order valence-corrected chi connectivity index (χ4v) is 2.63. The van der Waals surface area contributed by atoms with Crippen molar-refractivity contribution >= 4 is 34.1 Å². The molecule has 3 aromatic rings. The molecule has 2 nitrogen and oxygen atoms in total. The Morgan fingerprint density at radius 1 is 0.900 bits per heavy atom. The van der Waals surface area contributed by atoms with Gasteiger partial charge >= 0.3 is 0 Å². The number of halogens is 2. The third-order valence-corrected chi connectivity index (χ3v) is 3.73. The third kappa shape index (κ3) is 2.37. The number of benzene rings is 2. The van der Waals surface area contributed by atoms with Gasteiger partial charge in [-0.3, -0.25) is 0 Å². The van der Waals surface area contributed by atoms with Crippen LogP contribution in [0.1, 0.15) is 11.1 Å². The number of nitrogens with zero attached hydrogens (tertiary/aromatic N) is 2. The molecule has 0 amide bonds. The number of aryl methyl sites for hydroxylation is 2.